The molecule has 1 rings (SSSR count). The van der Waals surface area contributed by atoms with Gasteiger partial charge in [-0.2, -0.15) is 0 Å². The molecule has 0 saturated heterocycles. The first-order valence-corrected chi connectivity index (χ1v) is 7.58. The zero-order chi connectivity index (χ0) is 16.2. The summed E-state index contributed by atoms with van der Waals surface area (Å²) in [6.45, 7) is 2.21. The summed E-state index contributed by atoms with van der Waals surface area (Å²) in [5, 5.41) is 10.9. The van der Waals surface area contributed by atoms with Gasteiger partial charge in [0, 0.05) is 18.7 Å². The number of benzene rings is 1. The van der Waals surface area contributed by atoms with E-state index in [0.717, 1.165) is 6.07 Å². The van der Waals surface area contributed by atoms with Crippen molar-refractivity contribution in [3.05, 3.63) is 28.3 Å². The predicted octanol–water partition coefficient (Wildman–Crippen LogP) is 0.109. The van der Waals surface area contributed by atoms with Crippen LogP contribution in [0.1, 0.15) is 6.92 Å². The van der Waals surface area contributed by atoms with Crippen molar-refractivity contribution in [2.24, 2.45) is 5.84 Å². The van der Waals surface area contributed by atoms with E-state index in [0.29, 0.717) is 6.54 Å². The zero-order valence-corrected chi connectivity index (χ0v) is 12.8. The van der Waals surface area contributed by atoms with Crippen molar-refractivity contribution < 1.29 is 13.3 Å². The molecule has 118 valence electrons. The molecule has 0 aromatic heterocycles. The Bertz CT molecular complexity index is 617. The molecule has 0 bridgehead atoms. The van der Waals surface area contributed by atoms with E-state index in [9.17, 15) is 18.5 Å². The second-order valence-corrected chi connectivity index (χ2v) is 6.58. The molecule has 0 amide bonds. The molecule has 0 radical (unpaired) electrons. The van der Waals surface area contributed by atoms with Crippen molar-refractivity contribution in [3.63, 3.8) is 0 Å². The SMILES string of the molecule is CC(CN(C)C)NS(=O)(=O)c1ccc(NN)c([N+](=O)[O-])c1. The first-order chi connectivity index (χ1) is 9.67. The molecule has 0 fully saturated rings. The Balaban J connectivity index is 3.09. The van der Waals surface area contributed by atoms with Gasteiger partial charge in [0.25, 0.3) is 5.69 Å². The molecule has 0 aliphatic carbocycles. The summed E-state index contributed by atoms with van der Waals surface area (Å²) in [6.07, 6.45) is 0. The van der Waals surface area contributed by atoms with E-state index in [4.69, 9.17) is 5.84 Å². The van der Waals surface area contributed by atoms with Crippen LogP contribution in [-0.4, -0.2) is 44.9 Å². The van der Waals surface area contributed by atoms with Crippen molar-refractivity contribution in [2.75, 3.05) is 26.1 Å². The number of hydrazine groups is 1. The van der Waals surface area contributed by atoms with Gasteiger partial charge < -0.3 is 10.3 Å². The van der Waals surface area contributed by atoms with Gasteiger partial charge in [0.15, 0.2) is 0 Å². The average molecular weight is 317 g/mol. The van der Waals surface area contributed by atoms with Crippen LogP contribution in [0.2, 0.25) is 0 Å². The quantitative estimate of drug-likeness (QED) is 0.369. The number of nitro groups is 1. The third-order valence-electron chi connectivity index (χ3n) is 2.63. The molecule has 1 aromatic carbocycles. The Morgan fingerprint density at radius 3 is 2.52 bits per heavy atom. The maximum atomic E-state index is 12.2. The fourth-order valence-corrected chi connectivity index (χ4v) is 3.12. The number of anilines is 1. The molecule has 0 saturated carbocycles. The third kappa shape index (κ3) is 4.63. The second-order valence-electron chi connectivity index (χ2n) is 4.86. The number of hydrogen-bond donors (Lipinski definition) is 3. The number of sulfonamides is 1. The van der Waals surface area contributed by atoms with Gasteiger partial charge in [0.05, 0.1) is 9.82 Å². The Hall–Kier alpha value is -1.75. The number of nitrogens with zero attached hydrogens (tertiary/aromatic N) is 2. The summed E-state index contributed by atoms with van der Waals surface area (Å²) in [6, 6.07) is 3.15. The van der Waals surface area contributed by atoms with Crippen LogP contribution in [0.5, 0.6) is 0 Å². The summed E-state index contributed by atoms with van der Waals surface area (Å²) in [5.74, 6) is 5.16. The molecule has 10 heteroatoms. The van der Waals surface area contributed by atoms with Gasteiger partial charge in [0.2, 0.25) is 10.0 Å². The van der Waals surface area contributed by atoms with E-state index in [2.05, 4.69) is 10.1 Å². The highest BCUT2D eigenvalue weighted by Gasteiger charge is 2.22. The van der Waals surface area contributed by atoms with E-state index in [1.54, 1.807) is 6.92 Å². The van der Waals surface area contributed by atoms with Crippen LogP contribution in [0, 0.1) is 10.1 Å². The van der Waals surface area contributed by atoms with Crippen LogP contribution in [0.25, 0.3) is 0 Å². The van der Waals surface area contributed by atoms with E-state index in [1.165, 1.54) is 12.1 Å². The summed E-state index contributed by atoms with van der Waals surface area (Å²) in [5.41, 5.74) is 1.80. The van der Waals surface area contributed by atoms with Crippen molar-refractivity contribution in [3.8, 4) is 0 Å². The minimum absolute atomic E-state index is 0.0419. The number of nitrogen functional groups attached to an aromatic ring is 1. The largest absolute Gasteiger partial charge is 0.318 e. The van der Waals surface area contributed by atoms with Crippen molar-refractivity contribution in [1.82, 2.24) is 9.62 Å². The lowest BCUT2D eigenvalue weighted by molar-refractivity contribution is -0.384. The van der Waals surface area contributed by atoms with Crippen molar-refractivity contribution in [1.29, 1.82) is 0 Å². The zero-order valence-electron chi connectivity index (χ0n) is 12.0. The number of nitrogens with two attached hydrogens (primary N) is 1. The lowest BCUT2D eigenvalue weighted by Gasteiger charge is -2.18. The highest BCUT2D eigenvalue weighted by Crippen LogP contribution is 2.26. The number of nitro benzene ring substituents is 1. The second kappa shape index (κ2) is 6.80. The third-order valence-corrected chi connectivity index (χ3v) is 4.21. The molecular formula is C11H19N5O4S. The molecule has 9 nitrogen and oxygen atoms in total. The van der Waals surface area contributed by atoms with Crippen LogP contribution >= 0.6 is 0 Å². The summed E-state index contributed by atoms with van der Waals surface area (Å²) in [4.78, 5) is 11.9. The molecule has 1 atom stereocenters. The molecular weight excluding hydrogens is 298 g/mol. The first-order valence-electron chi connectivity index (χ1n) is 6.09. The van der Waals surface area contributed by atoms with E-state index >= 15 is 0 Å². The molecule has 0 aliphatic rings. The summed E-state index contributed by atoms with van der Waals surface area (Å²) >= 11 is 0. The first kappa shape index (κ1) is 17.3. The molecule has 21 heavy (non-hydrogen) atoms. The predicted molar refractivity (Wildman–Crippen MR) is 79.2 cm³/mol. The van der Waals surface area contributed by atoms with Gasteiger partial charge in [-0.1, -0.05) is 0 Å². The highest BCUT2D eigenvalue weighted by molar-refractivity contribution is 7.89. The topological polar surface area (TPSA) is 131 Å². The van der Waals surface area contributed by atoms with Crippen molar-refractivity contribution in [2.45, 2.75) is 17.9 Å². The Morgan fingerprint density at radius 2 is 2.05 bits per heavy atom. The Labute approximate surface area is 123 Å². The molecule has 0 spiro atoms. The smallest absolute Gasteiger partial charge is 0.294 e. The average Bonchev–Trinajstić information content (AvgIpc) is 2.35. The maximum Gasteiger partial charge on any atom is 0.294 e. The van der Waals surface area contributed by atoms with E-state index < -0.39 is 20.6 Å². The lowest BCUT2D eigenvalue weighted by atomic mass is 10.3. The number of likely N-dealkylation sites (N-methyl/N-ethyl adjacent to an activating group) is 1. The van der Waals surface area contributed by atoms with Crippen molar-refractivity contribution >= 4 is 21.4 Å². The standard InChI is InChI=1S/C11H19N5O4S/c1-8(7-15(2)3)14-21(19,20)9-4-5-10(13-12)11(6-9)16(17)18/h4-6,8,13-14H,7,12H2,1-3H3. The summed E-state index contributed by atoms with van der Waals surface area (Å²) < 4.78 is 26.9. The van der Waals surface area contributed by atoms with Crippen LogP contribution in [0.4, 0.5) is 11.4 Å². The maximum absolute atomic E-state index is 12.2. The van der Waals surface area contributed by atoms with Gasteiger partial charge >= 0.3 is 0 Å². The molecule has 0 aliphatic heterocycles. The normalized spacial score (nSPS) is 13.2. The van der Waals surface area contributed by atoms with Gasteiger partial charge in [-0.25, -0.2) is 13.1 Å². The number of nitrogens with one attached hydrogen (secondary N) is 2. The summed E-state index contributed by atoms with van der Waals surface area (Å²) in [7, 11) is -0.202. The molecule has 1 unspecified atom stereocenters. The Kier molecular flexibility index (Phi) is 5.61. The molecule has 4 N–H and O–H groups in total. The van der Waals surface area contributed by atoms with Crippen LogP contribution in [0.15, 0.2) is 23.1 Å². The minimum Gasteiger partial charge on any atom is -0.318 e. The van der Waals surface area contributed by atoms with Crippen LogP contribution in [0.3, 0.4) is 0 Å². The van der Waals surface area contributed by atoms with E-state index in [-0.39, 0.29) is 16.6 Å². The van der Waals surface area contributed by atoms with Crippen LogP contribution in [-0.2, 0) is 10.0 Å². The van der Waals surface area contributed by atoms with Gasteiger partial charge in [0.1, 0.15) is 5.69 Å². The highest BCUT2D eigenvalue weighted by atomic mass is 32.2. The monoisotopic (exact) mass is 317 g/mol. The van der Waals surface area contributed by atoms with Gasteiger partial charge in [-0.3, -0.25) is 16.0 Å². The molecule has 1 aromatic rings. The Morgan fingerprint density at radius 1 is 1.43 bits per heavy atom. The fraction of sp³-hybridized carbons (Fsp3) is 0.455. The lowest BCUT2D eigenvalue weighted by Crippen LogP contribution is -2.39. The van der Waals surface area contributed by atoms with Gasteiger partial charge in [-0.05, 0) is 33.2 Å². The van der Waals surface area contributed by atoms with Crippen LogP contribution < -0.4 is 16.0 Å². The number of rotatable bonds is 7. The van der Waals surface area contributed by atoms with E-state index in [1.807, 2.05) is 19.0 Å². The minimum atomic E-state index is -3.84. The number of hydrogen-bond acceptors (Lipinski definition) is 7. The van der Waals surface area contributed by atoms with Gasteiger partial charge in [-0.15, -0.1) is 0 Å². The fourth-order valence-electron chi connectivity index (χ4n) is 1.87. The molecule has 0 heterocycles.